The van der Waals surface area contributed by atoms with Gasteiger partial charge in [0, 0.05) is 125 Å². The van der Waals surface area contributed by atoms with Gasteiger partial charge in [-0.25, -0.2) is 19.2 Å². The van der Waals surface area contributed by atoms with Gasteiger partial charge in [0.1, 0.15) is 23.3 Å². The normalized spacial score (nSPS) is 21.2. The summed E-state index contributed by atoms with van der Waals surface area (Å²) >= 11 is 0. The number of imide groups is 1. The Morgan fingerprint density at radius 1 is 0.868 bits per heavy atom. The van der Waals surface area contributed by atoms with Gasteiger partial charge in [-0.05, 0) is 124 Å². The molecule has 0 bridgehead atoms. The Balaban J connectivity index is 0.686. The molecule has 0 saturated carbocycles. The van der Waals surface area contributed by atoms with E-state index in [0.29, 0.717) is 40.8 Å². The van der Waals surface area contributed by atoms with Crippen LogP contribution in [0.3, 0.4) is 0 Å². The number of carbonyl (C=O) groups excluding carboxylic acids is 3. The van der Waals surface area contributed by atoms with Crippen molar-refractivity contribution in [3.63, 3.8) is 0 Å². The lowest BCUT2D eigenvalue weighted by atomic mass is 9.88. The van der Waals surface area contributed by atoms with E-state index in [1.54, 1.807) is 13.1 Å². The van der Waals surface area contributed by atoms with Crippen LogP contribution in [0.1, 0.15) is 97.6 Å². The first-order valence-electron chi connectivity index (χ1n) is 24.3. The molecular weight excluding hydrogens is 862 g/mol. The molecular formula is C52H62FN11O4. The maximum absolute atomic E-state index is 15.7. The van der Waals surface area contributed by atoms with E-state index < -0.39 is 23.5 Å². The predicted octanol–water partition coefficient (Wildman–Crippen LogP) is 5.99. The molecule has 3 N–H and O–H groups in total. The highest BCUT2D eigenvalue weighted by Gasteiger charge is 2.34. The van der Waals surface area contributed by atoms with Crippen LogP contribution in [-0.2, 0) is 30.2 Å². The summed E-state index contributed by atoms with van der Waals surface area (Å²) in [5, 5.41) is 3.42. The first-order valence-corrected chi connectivity index (χ1v) is 24.3. The quantitative estimate of drug-likeness (QED) is 0.157. The van der Waals surface area contributed by atoms with Crippen molar-refractivity contribution in [2.75, 3.05) is 58.1 Å². The molecule has 4 saturated heterocycles. The summed E-state index contributed by atoms with van der Waals surface area (Å²) in [7, 11) is 3.73. The molecule has 1 unspecified atom stereocenters. The number of carbonyl (C=O) groups is 3. The van der Waals surface area contributed by atoms with Gasteiger partial charge in [0.2, 0.25) is 11.8 Å². The SMILES string of the molecule is C[C@H]1CN(Cc2cc3c(cc2F)n(C2CCC(=O)NC2=O)c(=O)n3C)CCN1CC1CCN(C(=O)c2ccc(C3CCN([C@@H](C)c4cc5c(-c6ccc(N)nc6)ccnc5n4C)CC3)cc2)CC1. The summed E-state index contributed by atoms with van der Waals surface area (Å²) in [6, 6.07) is 19.3. The summed E-state index contributed by atoms with van der Waals surface area (Å²) in [4.78, 5) is 69.8. The topological polar surface area (TPSA) is 160 Å². The van der Waals surface area contributed by atoms with Gasteiger partial charge in [0.15, 0.2) is 0 Å². The number of amides is 3. The molecule has 3 amide bonds. The van der Waals surface area contributed by atoms with Gasteiger partial charge in [0.05, 0.1) is 11.0 Å². The number of imidazole rings is 1. The molecule has 356 valence electrons. The number of nitrogens with one attached hydrogen (secondary N) is 1. The van der Waals surface area contributed by atoms with Crippen LogP contribution in [0.2, 0.25) is 0 Å². The number of aryl methyl sites for hydroxylation is 2. The molecule has 16 heteroatoms. The van der Waals surface area contributed by atoms with E-state index in [-0.39, 0.29) is 36.7 Å². The monoisotopic (exact) mass is 923 g/mol. The van der Waals surface area contributed by atoms with Crippen LogP contribution in [-0.4, -0.2) is 119 Å². The minimum Gasteiger partial charge on any atom is -0.384 e. The second-order valence-corrected chi connectivity index (χ2v) is 19.7. The molecule has 0 aliphatic carbocycles. The first kappa shape index (κ1) is 45.5. The van der Waals surface area contributed by atoms with Crippen molar-refractivity contribution >= 4 is 45.6 Å². The number of nitrogens with two attached hydrogens (primary N) is 1. The summed E-state index contributed by atoms with van der Waals surface area (Å²) < 4.78 is 20.7. The van der Waals surface area contributed by atoms with E-state index in [1.165, 1.54) is 26.5 Å². The number of aromatic nitrogens is 5. The van der Waals surface area contributed by atoms with Crippen LogP contribution < -0.4 is 16.7 Å². The number of nitrogens with zero attached hydrogens (tertiary/aromatic N) is 9. The maximum Gasteiger partial charge on any atom is 0.329 e. The Morgan fingerprint density at radius 3 is 2.34 bits per heavy atom. The molecule has 2 aromatic carbocycles. The number of hydrogen-bond donors (Lipinski definition) is 2. The van der Waals surface area contributed by atoms with Gasteiger partial charge in [-0.2, -0.15) is 0 Å². The van der Waals surface area contributed by atoms with Crippen molar-refractivity contribution in [3.8, 4) is 11.1 Å². The Kier molecular flexibility index (Phi) is 12.5. The van der Waals surface area contributed by atoms with Crippen LogP contribution in [0.4, 0.5) is 10.2 Å². The number of pyridine rings is 2. The number of piperidine rings is 3. The fourth-order valence-electron chi connectivity index (χ4n) is 11.5. The highest BCUT2D eigenvalue weighted by atomic mass is 19.1. The molecule has 0 spiro atoms. The predicted molar refractivity (Wildman–Crippen MR) is 260 cm³/mol. The summed E-state index contributed by atoms with van der Waals surface area (Å²) in [6.07, 6.45) is 8.07. The Morgan fingerprint density at radius 2 is 1.63 bits per heavy atom. The van der Waals surface area contributed by atoms with Gasteiger partial charge >= 0.3 is 5.69 Å². The smallest absolute Gasteiger partial charge is 0.329 e. The number of anilines is 1. The van der Waals surface area contributed by atoms with E-state index in [2.05, 4.69) is 68.7 Å². The van der Waals surface area contributed by atoms with E-state index in [0.717, 1.165) is 106 Å². The average Bonchev–Trinajstić information content (AvgIpc) is 3.81. The van der Waals surface area contributed by atoms with E-state index in [9.17, 15) is 19.2 Å². The van der Waals surface area contributed by atoms with Crippen LogP contribution in [0.25, 0.3) is 33.2 Å². The summed E-state index contributed by atoms with van der Waals surface area (Å²) in [5.74, 6) is 0.245. The standard InChI is InChI=1S/C52H62FN11O4/c1-32-29-60(31-39-25-45-46(27-42(39)53)64(52(68)59(45)4)43-10-12-48(65)57-50(43)66)23-24-63(32)30-34-14-19-62(20-15-34)51(67)37-7-5-35(6-8-37)36-16-21-61(22-17-36)33(2)44-26-41-40(13-18-55-49(41)58(44)3)38-9-11-47(54)56-28-38/h5-9,11,13,18,25-28,32-34,36,43H,10,12,14-17,19-24,29-31H2,1-4H3,(H2,54,56)(H,57,65,66)/t32-,33-,43?/m0/s1. The molecule has 4 aromatic heterocycles. The molecule has 6 aromatic rings. The zero-order valence-electron chi connectivity index (χ0n) is 39.5. The van der Waals surface area contributed by atoms with Crippen molar-refractivity contribution in [3.05, 3.63) is 112 Å². The number of fused-ring (bicyclic) bond motifs is 2. The molecule has 8 heterocycles. The molecule has 4 aliphatic heterocycles. The van der Waals surface area contributed by atoms with Gasteiger partial charge in [-0.1, -0.05) is 12.1 Å². The molecule has 15 nitrogen and oxygen atoms in total. The van der Waals surface area contributed by atoms with Gasteiger partial charge in [-0.3, -0.25) is 43.5 Å². The molecule has 4 fully saturated rings. The van der Waals surface area contributed by atoms with Crippen LogP contribution in [0.15, 0.2) is 77.9 Å². The highest BCUT2D eigenvalue weighted by molar-refractivity contribution is 6.00. The van der Waals surface area contributed by atoms with E-state index >= 15 is 4.39 Å². The lowest BCUT2D eigenvalue weighted by molar-refractivity contribution is -0.135. The average molecular weight is 924 g/mol. The van der Waals surface area contributed by atoms with Crippen molar-refractivity contribution in [2.45, 2.75) is 83.0 Å². The Labute approximate surface area is 395 Å². The third kappa shape index (κ3) is 8.73. The second kappa shape index (κ2) is 18.7. The van der Waals surface area contributed by atoms with Crippen LogP contribution >= 0.6 is 0 Å². The van der Waals surface area contributed by atoms with Crippen LogP contribution in [0.5, 0.6) is 0 Å². The fourth-order valence-corrected chi connectivity index (χ4v) is 11.5. The minimum absolute atomic E-state index is 0.110. The maximum atomic E-state index is 15.7. The zero-order chi connectivity index (χ0) is 47.4. The first-order chi connectivity index (χ1) is 32.8. The number of piperazine rings is 1. The Bertz CT molecular complexity index is 2930. The lowest BCUT2D eigenvalue weighted by Crippen LogP contribution is -2.53. The zero-order valence-corrected chi connectivity index (χ0v) is 39.5. The van der Waals surface area contributed by atoms with E-state index in [4.69, 9.17) is 10.7 Å². The number of rotatable bonds is 10. The molecule has 10 rings (SSSR count). The third-order valence-corrected chi connectivity index (χ3v) is 15.6. The Hall–Kier alpha value is -6.23. The van der Waals surface area contributed by atoms with Crippen molar-refractivity contribution in [1.82, 2.24) is 48.6 Å². The van der Waals surface area contributed by atoms with Crippen molar-refractivity contribution < 1.29 is 18.8 Å². The minimum atomic E-state index is -0.859. The summed E-state index contributed by atoms with van der Waals surface area (Å²) in [5.41, 5.74) is 13.3. The number of halogens is 1. The molecule has 68 heavy (non-hydrogen) atoms. The van der Waals surface area contributed by atoms with E-state index in [1.807, 2.05) is 47.6 Å². The van der Waals surface area contributed by atoms with Gasteiger partial charge < -0.3 is 15.2 Å². The summed E-state index contributed by atoms with van der Waals surface area (Å²) in [6.45, 7) is 11.8. The number of hydrogen-bond acceptors (Lipinski definition) is 10. The van der Waals surface area contributed by atoms with Gasteiger partial charge in [-0.15, -0.1) is 0 Å². The van der Waals surface area contributed by atoms with Gasteiger partial charge in [0.25, 0.3) is 5.91 Å². The molecule has 4 aliphatic rings. The number of likely N-dealkylation sites (tertiary alicyclic amines) is 2. The molecule has 0 radical (unpaired) electrons. The van der Waals surface area contributed by atoms with Crippen molar-refractivity contribution in [1.29, 1.82) is 0 Å². The highest BCUT2D eigenvalue weighted by Crippen LogP contribution is 2.37. The second-order valence-electron chi connectivity index (χ2n) is 19.7. The largest absolute Gasteiger partial charge is 0.384 e. The lowest BCUT2D eigenvalue weighted by Gasteiger charge is -2.42. The molecule has 3 atom stereocenters. The number of benzene rings is 2. The van der Waals surface area contributed by atoms with Crippen molar-refractivity contribution in [2.24, 2.45) is 20.0 Å². The third-order valence-electron chi connectivity index (χ3n) is 15.6. The van der Waals surface area contributed by atoms with Crippen LogP contribution in [0, 0.1) is 11.7 Å². The fraction of sp³-hybridized carbons (Fsp3) is 0.462. The number of nitrogen functional groups attached to an aromatic ring is 1.